The molecule has 0 aromatic rings. The lowest BCUT2D eigenvalue weighted by atomic mass is 10.4. The summed E-state index contributed by atoms with van der Waals surface area (Å²) < 4.78 is 0.543. The third-order valence-corrected chi connectivity index (χ3v) is 0.752. The third kappa shape index (κ3) is 2.18. The molecular weight excluding hydrogens is 102 g/mol. The Balaban J connectivity index is 3.99. The molecule has 0 saturated heterocycles. The molecule has 0 fully saturated rings. The Labute approximate surface area is 49.0 Å². The number of hydrogen-bond acceptors (Lipinski definition) is 1. The molecule has 0 bridgehead atoms. The standard InChI is InChI=1S/C6H9NO/c1-4-5-6(2)7(3)8/h4-5H,1,3H2,2H3/b6-5+. The molecule has 0 aliphatic rings. The van der Waals surface area contributed by atoms with Gasteiger partial charge in [-0.15, -0.1) is 0 Å². The molecule has 2 heteroatoms. The monoisotopic (exact) mass is 111 g/mol. The van der Waals surface area contributed by atoms with Crippen molar-refractivity contribution in [2.75, 3.05) is 0 Å². The summed E-state index contributed by atoms with van der Waals surface area (Å²) in [5.74, 6) is 0. The van der Waals surface area contributed by atoms with Crippen LogP contribution in [-0.2, 0) is 0 Å². The van der Waals surface area contributed by atoms with E-state index in [0.717, 1.165) is 0 Å². The van der Waals surface area contributed by atoms with Crippen LogP contribution in [0.4, 0.5) is 0 Å². The first-order valence-electron chi connectivity index (χ1n) is 2.25. The van der Waals surface area contributed by atoms with Gasteiger partial charge < -0.3 is 5.21 Å². The van der Waals surface area contributed by atoms with E-state index in [1.807, 2.05) is 0 Å². The van der Waals surface area contributed by atoms with Crippen LogP contribution in [0.15, 0.2) is 24.4 Å². The summed E-state index contributed by atoms with van der Waals surface area (Å²) in [5, 5.41) is 10.2. The zero-order valence-electron chi connectivity index (χ0n) is 4.92. The second kappa shape index (κ2) is 3.02. The molecule has 44 valence electrons. The Bertz CT molecular complexity index is 135. The van der Waals surface area contributed by atoms with Gasteiger partial charge in [0.1, 0.15) is 6.72 Å². The smallest absolute Gasteiger partial charge is 0.189 e. The number of hydrogen-bond donors (Lipinski definition) is 0. The molecule has 0 atom stereocenters. The van der Waals surface area contributed by atoms with E-state index in [9.17, 15) is 5.21 Å². The van der Waals surface area contributed by atoms with E-state index < -0.39 is 0 Å². The fourth-order valence-electron chi connectivity index (χ4n) is 0.254. The first kappa shape index (κ1) is 6.95. The molecule has 0 rings (SSSR count). The fraction of sp³-hybridized carbons (Fsp3) is 0.167. The maximum atomic E-state index is 10.2. The van der Waals surface area contributed by atoms with Gasteiger partial charge in [-0.1, -0.05) is 12.7 Å². The van der Waals surface area contributed by atoms with E-state index in [1.54, 1.807) is 19.1 Å². The van der Waals surface area contributed by atoms with E-state index in [4.69, 9.17) is 0 Å². The largest absolute Gasteiger partial charge is 0.619 e. The van der Waals surface area contributed by atoms with Crippen molar-refractivity contribution in [3.63, 3.8) is 0 Å². The normalized spacial score (nSPS) is 10.9. The van der Waals surface area contributed by atoms with Gasteiger partial charge in [-0.05, 0) is 0 Å². The number of rotatable bonds is 2. The highest BCUT2D eigenvalue weighted by molar-refractivity contribution is 5.18. The fourth-order valence-corrected chi connectivity index (χ4v) is 0.254. The first-order chi connectivity index (χ1) is 3.68. The Morgan fingerprint density at radius 1 is 1.75 bits per heavy atom. The molecule has 0 aliphatic heterocycles. The van der Waals surface area contributed by atoms with E-state index in [-0.39, 0.29) is 0 Å². The highest BCUT2D eigenvalue weighted by atomic mass is 16.5. The van der Waals surface area contributed by atoms with Crippen molar-refractivity contribution in [3.8, 4) is 0 Å². The number of nitrogens with zero attached hydrogens (tertiary/aromatic N) is 1. The second-order valence-electron chi connectivity index (χ2n) is 1.42. The molecule has 0 heterocycles. The maximum Gasteiger partial charge on any atom is 0.189 e. The Kier molecular flexibility index (Phi) is 2.62. The van der Waals surface area contributed by atoms with Crippen molar-refractivity contribution >= 4 is 6.72 Å². The number of hydroxylamine groups is 1. The Hall–Kier alpha value is -1.05. The summed E-state index contributed by atoms with van der Waals surface area (Å²) in [6.45, 7) is 8.20. The zero-order valence-corrected chi connectivity index (χ0v) is 4.92. The molecule has 0 unspecified atom stereocenters. The highest BCUT2D eigenvalue weighted by Crippen LogP contribution is 1.89. The zero-order chi connectivity index (χ0) is 6.57. The SMILES string of the molecule is C=C/C=C(\C)[N+](=C)[O-]. The summed E-state index contributed by atoms with van der Waals surface area (Å²) in [6, 6.07) is 0. The van der Waals surface area contributed by atoms with Crippen LogP contribution in [0.5, 0.6) is 0 Å². The lowest BCUT2D eigenvalue weighted by Crippen LogP contribution is -1.93. The molecule has 0 aromatic carbocycles. The summed E-state index contributed by atoms with van der Waals surface area (Å²) in [6.07, 6.45) is 3.14. The van der Waals surface area contributed by atoms with Crippen LogP contribution < -0.4 is 0 Å². The molecule has 0 spiro atoms. The summed E-state index contributed by atoms with van der Waals surface area (Å²) in [4.78, 5) is 0. The van der Waals surface area contributed by atoms with Gasteiger partial charge >= 0.3 is 0 Å². The number of allylic oxidation sites excluding steroid dienone is 3. The molecule has 2 nitrogen and oxygen atoms in total. The van der Waals surface area contributed by atoms with Crippen LogP contribution in [0.25, 0.3) is 0 Å². The molecule has 0 amide bonds. The van der Waals surface area contributed by atoms with E-state index in [2.05, 4.69) is 13.3 Å². The van der Waals surface area contributed by atoms with Crippen molar-refractivity contribution in [2.24, 2.45) is 0 Å². The maximum absolute atomic E-state index is 10.2. The first-order valence-corrected chi connectivity index (χ1v) is 2.25. The van der Waals surface area contributed by atoms with Crippen LogP contribution in [0.3, 0.4) is 0 Å². The molecule has 0 aliphatic carbocycles. The van der Waals surface area contributed by atoms with Crippen LogP contribution in [0, 0.1) is 5.21 Å². The van der Waals surface area contributed by atoms with Crippen molar-refractivity contribution in [1.82, 2.24) is 0 Å². The van der Waals surface area contributed by atoms with Gasteiger partial charge in [-0.2, -0.15) is 4.74 Å². The van der Waals surface area contributed by atoms with Crippen LogP contribution in [0.1, 0.15) is 6.92 Å². The van der Waals surface area contributed by atoms with Crippen molar-refractivity contribution in [3.05, 3.63) is 29.6 Å². The van der Waals surface area contributed by atoms with Gasteiger partial charge in [0, 0.05) is 13.0 Å². The van der Waals surface area contributed by atoms with Gasteiger partial charge in [0.25, 0.3) is 0 Å². The van der Waals surface area contributed by atoms with Crippen molar-refractivity contribution in [1.29, 1.82) is 0 Å². The third-order valence-electron chi connectivity index (χ3n) is 0.752. The molecule has 0 radical (unpaired) electrons. The van der Waals surface area contributed by atoms with Crippen molar-refractivity contribution in [2.45, 2.75) is 6.92 Å². The highest BCUT2D eigenvalue weighted by Gasteiger charge is 1.87. The van der Waals surface area contributed by atoms with Crippen LogP contribution in [-0.4, -0.2) is 11.5 Å². The van der Waals surface area contributed by atoms with E-state index in [0.29, 0.717) is 10.4 Å². The molecular formula is C6H9NO. The van der Waals surface area contributed by atoms with Gasteiger partial charge in [-0.25, -0.2) is 0 Å². The Morgan fingerprint density at radius 2 is 2.25 bits per heavy atom. The van der Waals surface area contributed by atoms with Crippen LogP contribution in [0.2, 0.25) is 0 Å². The lowest BCUT2D eigenvalue weighted by molar-refractivity contribution is -0.390. The average molecular weight is 111 g/mol. The van der Waals surface area contributed by atoms with Gasteiger partial charge in [0.2, 0.25) is 0 Å². The minimum absolute atomic E-state index is 0.543. The second-order valence-corrected chi connectivity index (χ2v) is 1.42. The van der Waals surface area contributed by atoms with Gasteiger partial charge in [0.15, 0.2) is 5.70 Å². The van der Waals surface area contributed by atoms with E-state index >= 15 is 0 Å². The molecule has 0 aromatic heterocycles. The lowest BCUT2D eigenvalue weighted by Gasteiger charge is -1.96. The topological polar surface area (TPSA) is 26.1 Å². The quantitative estimate of drug-likeness (QED) is 0.173. The minimum atomic E-state index is 0.543. The summed E-state index contributed by atoms with van der Waals surface area (Å²) in [5.41, 5.74) is 0.556. The van der Waals surface area contributed by atoms with E-state index in [1.165, 1.54) is 0 Å². The van der Waals surface area contributed by atoms with Crippen molar-refractivity contribution < 1.29 is 4.74 Å². The van der Waals surface area contributed by atoms with Gasteiger partial charge in [-0.3, -0.25) is 0 Å². The molecule has 0 N–H and O–H groups in total. The predicted octanol–water partition coefficient (Wildman–Crippen LogP) is 1.29. The summed E-state index contributed by atoms with van der Waals surface area (Å²) in [7, 11) is 0. The Morgan fingerprint density at radius 3 is 2.38 bits per heavy atom. The summed E-state index contributed by atoms with van der Waals surface area (Å²) >= 11 is 0. The predicted molar refractivity (Wildman–Crippen MR) is 34.7 cm³/mol. The average Bonchev–Trinajstić information content (AvgIpc) is 1.67. The molecule has 0 saturated carbocycles. The van der Waals surface area contributed by atoms with Gasteiger partial charge in [0.05, 0.1) is 0 Å². The minimum Gasteiger partial charge on any atom is -0.619 e. The van der Waals surface area contributed by atoms with Crippen LogP contribution >= 0.6 is 0 Å². The molecule has 8 heavy (non-hydrogen) atoms.